The van der Waals surface area contributed by atoms with E-state index in [4.69, 9.17) is 15.2 Å². The van der Waals surface area contributed by atoms with Crippen molar-refractivity contribution in [3.05, 3.63) is 65.1 Å². The number of carbonyl (C=O) groups excluding carboxylic acids is 1. The highest BCUT2D eigenvalue weighted by Crippen LogP contribution is 2.44. The highest BCUT2D eigenvalue weighted by atomic mass is 19.4. The third-order valence-electron chi connectivity index (χ3n) is 5.65. The van der Waals surface area contributed by atoms with Gasteiger partial charge in [0.25, 0.3) is 0 Å². The van der Waals surface area contributed by atoms with Gasteiger partial charge in [0.2, 0.25) is 0 Å². The number of alkyl halides is 6. The number of aliphatic hydroxyl groups excluding tert-OH is 2. The van der Waals surface area contributed by atoms with Crippen LogP contribution in [0.5, 0.6) is 5.75 Å². The Bertz CT molecular complexity index is 1250. The maximum atomic E-state index is 14.0. The minimum Gasteiger partial charge on any atom is -0.409 e. The van der Waals surface area contributed by atoms with Crippen molar-refractivity contribution in [2.75, 3.05) is 18.6 Å². The van der Waals surface area contributed by atoms with E-state index >= 15 is 0 Å². The van der Waals surface area contributed by atoms with Crippen molar-refractivity contribution >= 4 is 23.6 Å². The van der Waals surface area contributed by atoms with Gasteiger partial charge in [-0.1, -0.05) is 0 Å². The first-order valence-corrected chi connectivity index (χ1v) is 11.1. The number of hydrogen-bond acceptors (Lipinski definition) is 7. The number of allylic oxidation sites excluding steroid dienone is 1. The minimum absolute atomic E-state index is 0.00921. The number of carbonyl (C=O) groups is 1. The molecular weight excluding hydrogens is 543 g/mol. The number of ether oxygens (including phenoxy) is 2. The molecule has 39 heavy (non-hydrogen) atoms. The van der Waals surface area contributed by atoms with Gasteiger partial charge in [0, 0.05) is 42.7 Å². The molecule has 2 aromatic rings. The third kappa shape index (κ3) is 7.04. The summed E-state index contributed by atoms with van der Waals surface area (Å²) in [5, 5.41) is 19.0. The van der Waals surface area contributed by atoms with E-state index in [0.717, 1.165) is 37.5 Å². The summed E-state index contributed by atoms with van der Waals surface area (Å²) in [6.45, 7) is -0.559. The van der Waals surface area contributed by atoms with Crippen LogP contribution in [-0.4, -0.2) is 54.6 Å². The van der Waals surface area contributed by atoms with Gasteiger partial charge < -0.3 is 25.4 Å². The highest BCUT2D eigenvalue weighted by molar-refractivity contribution is 6.11. The lowest BCUT2D eigenvalue weighted by atomic mass is 9.98. The fourth-order valence-corrected chi connectivity index (χ4v) is 3.59. The molecule has 1 saturated heterocycles. The van der Waals surface area contributed by atoms with Crippen molar-refractivity contribution in [3.8, 4) is 5.75 Å². The van der Waals surface area contributed by atoms with Crippen molar-refractivity contribution in [1.29, 1.82) is 0 Å². The maximum Gasteiger partial charge on any atom is 0.420 e. The van der Waals surface area contributed by atoms with Crippen molar-refractivity contribution in [3.63, 3.8) is 0 Å². The second kappa shape index (κ2) is 11.6. The molecule has 4 N–H and O–H groups in total. The van der Waals surface area contributed by atoms with E-state index in [2.05, 4.69) is 4.99 Å². The zero-order valence-electron chi connectivity index (χ0n) is 20.0. The van der Waals surface area contributed by atoms with Gasteiger partial charge in [-0.2, -0.15) is 26.3 Å². The number of anilines is 1. The van der Waals surface area contributed by atoms with E-state index in [1.165, 1.54) is 0 Å². The summed E-state index contributed by atoms with van der Waals surface area (Å²) in [5.41, 5.74) is 0.513. The molecule has 0 spiro atoms. The monoisotopic (exact) mass is 565 g/mol. The van der Waals surface area contributed by atoms with Crippen molar-refractivity contribution in [2.45, 2.75) is 37.2 Å². The van der Waals surface area contributed by atoms with Crippen molar-refractivity contribution < 1.29 is 55.2 Å². The van der Waals surface area contributed by atoms with E-state index < -0.39 is 77.3 Å². The van der Waals surface area contributed by atoms with E-state index in [1.54, 1.807) is 0 Å². The second-order valence-corrected chi connectivity index (χ2v) is 8.31. The summed E-state index contributed by atoms with van der Waals surface area (Å²) < 4.78 is 106. The van der Waals surface area contributed by atoms with Gasteiger partial charge in [0.05, 0.1) is 23.8 Å². The Morgan fingerprint density at radius 3 is 2.33 bits per heavy atom. The fraction of sp³-hybridized carbons (Fsp3) is 0.333. The van der Waals surface area contributed by atoms with Gasteiger partial charge >= 0.3 is 18.4 Å². The summed E-state index contributed by atoms with van der Waals surface area (Å²) in [6, 6.07) is 4.29. The van der Waals surface area contributed by atoms with Crippen LogP contribution in [0.4, 0.5) is 41.2 Å². The lowest BCUT2D eigenvalue weighted by Crippen LogP contribution is -2.30. The number of halogens is 7. The molecule has 0 aromatic heterocycles. The second-order valence-electron chi connectivity index (χ2n) is 8.31. The van der Waals surface area contributed by atoms with Gasteiger partial charge in [-0.15, -0.1) is 0 Å². The van der Waals surface area contributed by atoms with Crippen LogP contribution in [0.15, 0.2) is 47.6 Å². The first kappa shape index (κ1) is 29.9. The summed E-state index contributed by atoms with van der Waals surface area (Å²) in [4.78, 5) is 17.4. The Morgan fingerprint density at radius 1 is 1.18 bits per heavy atom. The molecule has 3 rings (SSSR count). The van der Waals surface area contributed by atoms with Crippen molar-refractivity contribution in [2.24, 2.45) is 10.7 Å². The number of amides is 1. The lowest BCUT2D eigenvalue weighted by molar-refractivity contribution is -0.143. The van der Waals surface area contributed by atoms with E-state index in [-0.39, 0.29) is 18.2 Å². The number of hydrogen-bond donors (Lipinski definition) is 3. The zero-order valence-corrected chi connectivity index (χ0v) is 20.0. The average molecular weight is 565 g/mol. The molecule has 0 aliphatic carbocycles. The summed E-state index contributed by atoms with van der Waals surface area (Å²) in [7, 11) is 1.09. The molecule has 0 saturated carbocycles. The molecule has 8 nitrogen and oxygen atoms in total. The number of nitrogens with zero attached hydrogens (tertiary/aromatic N) is 2. The molecule has 0 radical (unpaired) electrons. The number of nitrogens with two attached hydrogens (primary N) is 1. The van der Waals surface area contributed by atoms with Gasteiger partial charge in [-0.25, -0.2) is 9.18 Å². The Morgan fingerprint density at radius 2 is 1.82 bits per heavy atom. The number of aliphatic hydroxyl groups is 2. The van der Waals surface area contributed by atoms with E-state index in [1.807, 2.05) is 0 Å². The quantitative estimate of drug-likeness (QED) is 0.355. The molecule has 1 aliphatic rings. The lowest BCUT2D eigenvalue weighted by Gasteiger charge is -2.22. The maximum absolute atomic E-state index is 14.0. The van der Waals surface area contributed by atoms with Crippen LogP contribution in [0.2, 0.25) is 0 Å². The first-order valence-electron chi connectivity index (χ1n) is 11.1. The van der Waals surface area contributed by atoms with Crippen molar-refractivity contribution in [1.82, 2.24) is 0 Å². The van der Waals surface area contributed by atoms with Crippen LogP contribution < -0.4 is 15.4 Å². The number of rotatable bonds is 6. The Hall–Kier alpha value is -3.69. The zero-order chi connectivity index (χ0) is 29.1. The van der Waals surface area contributed by atoms with Crippen LogP contribution in [0.25, 0.3) is 5.57 Å². The predicted molar refractivity (Wildman–Crippen MR) is 124 cm³/mol. The normalized spacial score (nSPS) is 20.5. The van der Waals surface area contributed by atoms with E-state index in [9.17, 15) is 45.7 Å². The average Bonchev–Trinajstić information content (AvgIpc) is 3.22. The summed E-state index contributed by atoms with van der Waals surface area (Å²) >= 11 is 0. The van der Waals surface area contributed by atoms with Crippen LogP contribution in [-0.2, 0) is 17.1 Å². The Balaban J connectivity index is 2.10. The third-order valence-corrected chi connectivity index (χ3v) is 5.65. The van der Waals surface area contributed by atoms with Crippen LogP contribution in [0, 0.1) is 5.82 Å². The van der Waals surface area contributed by atoms with Gasteiger partial charge in [-0.05, 0) is 36.4 Å². The molecular formula is C24H22F7N3O5. The van der Waals surface area contributed by atoms with Crippen LogP contribution >= 0.6 is 0 Å². The molecule has 15 heteroatoms. The van der Waals surface area contributed by atoms with Gasteiger partial charge in [0.1, 0.15) is 11.9 Å². The summed E-state index contributed by atoms with van der Waals surface area (Å²) in [6.07, 6.45) is -14.0. The Labute approximate surface area is 216 Å². The molecule has 3 unspecified atom stereocenters. The molecule has 2 aromatic carbocycles. The van der Waals surface area contributed by atoms with Gasteiger partial charge in [-0.3, -0.25) is 9.89 Å². The molecule has 0 bridgehead atoms. The molecule has 1 fully saturated rings. The number of aliphatic imine (C=N–C) groups is 1. The smallest absolute Gasteiger partial charge is 0.409 e. The summed E-state index contributed by atoms with van der Waals surface area (Å²) in [5.74, 6) is -1.95. The van der Waals surface area contributed by atoms with Crippen LogP contribution in [0.3, 0.4) is 0 Å². The highest BCUT2D eigenvalue weighted by Gasteiger charge is 2.42. The molecule has 1 aliphatic heterocycles. The molecule has 1 heterocycles. The standard InChI is InChI=1S/C24H22F7N3O5/c1-34(15-4-2-14(25)3-5-15)22(37)39-21-16(6-13(23(26,27)28)7-17(21)24(29,30)31)12(9-32)10-33-20-8-18(36)19(11-35)38-20/h2-7,9-10,18-20,35-36H,8,11,32H2,1H3. The first-order chi connectivity index (χ1) is 18.1. The number of benzene rings is 2. The predicted octanol–water partition coefficient (Wildman–Crippen LogP) is 4.34. The van der Waals surface area contributed by atoms with Gasteiger partial charge in [0.15, 0.2) is 12.0 Å². The SMILES string of the molecule is CN(C(=O)Oc1c(C(C=NC2CC(O)C(CO)O2)=CN)cc(C(F)(F)F)cc1C(F)(F)F)c1ccc(F)cc1. The Kier molecular flexibility index (Phi) is 8.87. The topological polar surface area (TPSA) is 118 Å². The van der Waals surface area contributed by atoms with Crippen LogP contribution in [0.1, 0.15) is 23.1 Å². The molecule has 3 atom stereocenters. The van der Waals surface area contributed by atoms with E-state index in [0.29, 0.717) is 17.2 Å². The largest absolute Gasteiger partial charge is 0.420 e. The molecule has 212 valence electrons. The molecule has 1 amide bonds. The minimum atomic E-state index is -5.41. The fourth-order valence-electron chi connectivity index (χ4n) is 3.59.